The fourth-order valence-corrected chi connectivity index (χ4v) is 1.37. The predicted octanol–water partition coefficient (Wildman–Crippen LogP) is 3.34. The van der Waals surface area contributed by atoms with Crippen LogP contribution >= 0.6 is 11.6 Å². The Morgan fingerprint density at radius 1 is 1.50 bits per heavy atom. The van der Waals surface area contributed by atoms with Crippen molar-refractivity contribution < 1.29 is 0 Å². The molecule has 0 radical (unpaired) electrons. The van der Waals surface area contributed by atoms with E-state index in [-0.39, 0.29) is 5.41 Å². The zero-order chi connectivity index (χ0) is 7.78. The minimum absolute atomic E-state index is 0.228. The summed E-state index contributed by atoms with van der Waals surface area (Å²) in [5, 5.41) is 0.864. The largest absolute Gasteiger partial charge is 0.0847 e. The zero-order valence-electron chi connectivity index (χ0n) is 6.69. The summed E-state index contributed by atoms with van der Waals surface area (Å²) in [5.41, 5.74) is 0.228. The lowest BCUT2D eigenvalue weighted by Gasteiger charge is -2.28. The van der Waals surface area contributed by atoms with Gasteiger partial charge in [-0.3, -0.25) is 0 Å². The van der Waals surface area contributed by atoms with Gasteiger partial charge in [-0.05, 0) is 17.4 Å². The van der Waals surface area contributed by atoms with Crippen molar-refractivity contribution in [1.82, 2.24) is 0 Å². The molecule has 0 saturated heterocycles. The summed E-state index contributed by atoms with van der Waals surface area (Å²) in [4.78, 5) is 0. The van der Waals surface area contributed by atoms with Crippen molar-refractivity contribution in [3.63, 3.8) is 0 Å². The summed E-state index contributed by atoms with van der Waals surface area (Å²) in [6.07, 6.45) is 6.24. The summed E-state index contributed by atoms with van der Waals surface area (Å²) < 4.78 is 0. The second-order valence-electron chi connectivity index (χ2n) is 3.50. The standard InChI is InChI=1S/C9H13Cl/c1-7-4-5-8(10)6-9(7,2)3/h4-7H,1-3H3. The fourth-order valence-electron chi connectivity index (χ4n) is 1.02. The van der Waals surface area contributed by atoms with Crippen molar-refractivity contribution in [2.24, 2.45) is 11.3 Å². The third-order valence-corrected chi connectivity index (χ3v) is 2.46. The van der Waals surface area contributed by atoms with Crippen molar-refractivity contribution >= 4 is 11.6 Å². The van der Waals surface area contributed by atoms with E-state index in [1.165, 1.54) is 0 Å². The van der Waals surface area contributed by atoms with Gasteiger partial charge in [0.25, 0.3) is 0 Å². The van der Waals surface area contributed by atoms with E-state index in [0.29, 0.717) is 5.92 Å². The molecule has 0 amide bonds. The molecule has 1 heteroatoms. The maximum Gasteiger partial charge on any atom is 0.0368 e. The SMILES string of the molecule is CC1C=CC(Cl)=CC1(C)C. The van der Waals surface area contributed by atoms with Crippen LogP contribution in [0.5, 0.6) is 0 Å². The van der Waals surface area contributed by atoms with Gasteiger partial charge >= 0.3 is 0 Å². The molecule has 0 saturated carbocycles. The number of hydrogen-bond acceptors (Lipinski definition) is 0. The van der Waals surface area contributed by atoms with Gasteiger partial charge in [-0.1, -0.05) is 44.5 Å². The molecule has 1 unspecified atom stereocenters. The third kappa shape index (κ3) is 1.43. The molecular formula is C9H13Cl. The first-order valence-electron chi connectivity index (χ1n) is 3.59. The molecule has 0 bridgehead atoms. The minimum atomic E-state index is 0.228. The van der Waals surface area contributed by atoms with Gasteiger partial charge in [-0.25, -0.2) is 0 Å². The Bertz CT molecular complexity index is 187. The maximum atomic E-state index is 5.84. The molecule has 0 spiro atoms. The van der Waals surface area contributed by atoms with E-state index in [4.69, 9.17) is 11.6 Å². The predicted molar refractivity (Wildman–Crippen MR) is 46.0 cm³/mol. The van der Waals surface area contributed by atoms with Gasteiger partial charge in [0, 0.05) is 5.03 Å². The summed E-state index contributed by atoms with van der Waals surface area (Å²) in [7, 11) is 0. The van der Waals surface area contributed by atoms with E-state index < -0.39 is 0 Å². The highest BCUT2D eigenvalue weighted by Crippen LogP contribution is 2.34. The monoisotopic (exact) mass is 156 g/mol. The molecule has 0 aromatic heterocycles. The van der Waals surface area contributed by atoms with Crippen LogP contribution < -0.4 is 0 Å². The average Bonchev–Trinajstić information content (AvgIpc) is 1.78. The zero-order valence-corrected chi connectivity index (χ0v) is 7.44. The van der Waals surface area contributed by atoms with Gasteiger partial charge in [0.05, 0.1) is 0 Å². The van der Waals surface area contributed by atoms with Crippen molar-refractivity contribution in [3.8, 4) is 0 Å². The van der Waals surface area contributed by atoms with Crippen LogP contribution in [0.1, 0.15) is 20.8 Å². The molecule has 0 fully saturated rings. The summed E-state index contributed by atoms with van der Waals surface area (Å²) in [6.45, 7) is 6.60. The van der Waals surface area contributed by atoms with E-state index >= 15 is 0 Å². The van der Waals surface area contributed by atoms with Gasteiger partial charge < -0.3 is 0 Å². The van der Waals surface area contributed by atoms with Crippen molar-refractivity contribution in [2.75, 3.05) is 0 Å². The molecular weight excluding hydrogens is 144 g/mol. The van der Waals surface area contributed by atoms with Gasteiger partial charge in [0.15, 0.2) is 0 Å². The Hall–Kier alpha value is -0.230. The molecule has 10 heavy (non-hydrogen) atoms. The van der Waals surface area contributed by atoms with Gasteiger partial charge in [-0.2, -0.15) is 0 Å². The smallest absolute Gasteiger partial charge is 0.0368 e. The molecule has 1 atom stereocenters. The first-order valence-corrected chi connectivity index (χ1v) is 3.97. The lowest BCUT2D eigenvalue weighted by atomic mass is 9.77. The number of hydrogen-bond donors (Lipinski definition) is 0. The summed E-state index contributed by atoms with van der Waals surface area (Å²) in [5.74, 6) is 0.593. The van der Waals surface area contributed by atoms with Crippen molar-refractivity contribution in [2.45, 2.75) is 20.8 Å². The number of halogens is 1. The highest BCUT2D eigenvalue weighted by atomic mass is 35.5. The lowest BCUT2D eigenvalue weighted by molar-refractivity contribution is 0.363. The molecule has 1 aliphatic rings. The van der Waals surface area contributed by atoms with Crippen LogP contribution in [0.2, 0.25) is 0 Å². The van der Waals surface area contributed by atoms with Crippen LogP contribution in [-0.4, -0.2) is 0 Å². The van der Waals surface area contributed by atoms with E-state index in [2.05, 4.69) is 32.9 Å². The van der Waals surface area contributed by atoms with Gasteiger partial charge in [0.2, 0.25) is 0 Å². The Balaban J connectivity index is 2.88. The van der Waals surface area contributed by atoms with Crippen LogP contribution in [0.4, 0.5) is 0 Å². The fraction of sp³-hybridized carbons (Fsp3) is 0.556. The van der Waals surface area contributed by atoms with E-state index in [0.717, 1.165) is 5.03 Å². The summed E-state index contributed by atoms with van der Waals surface area (Å²) in [6, 6.07) is 0. The normalized spacial score (nSPS) is 30.0. The van der Waals surface area contributed by atoms with E-state index in [1.807, 2.05) is 6.08 Å². The Labute approximate surface area is 67.6 Å². The molecule has 0 N–H and O–H groups in total. The molecule has 0 nitrogen and oxygen atoms in total. The highest BCUT2D eigenvalue weighted by molar-refractivity contribution is 6.31. The maximum absolute atomic E-state index is 5.84. The molecule has 0 aliphatic heterocycles. The molecule has 0 aromatic carbocycles. The first-order chi connectivity index (χ1) is 4.52. The van der Waals surface area contributed by atoms with Crippen molar-refractivity contribution in [3.05, 3.63) is 23.3 Å². The van der Waals surface area contributed by atoms with Gasteiger partial charge in [0.1, 0.15) is 0 Å². The van der Waals surface area contributed by atoms with Crippen LogP contribution in [0.15, 0.2) is 23.3 Å². The molecule has 1 aliphatic carbocycles. The Morgan fingerprint density at radius 2 is 2.10 bits per heavy atom. The van der Waals surface area contributed by atoms with Crippen LogP contribution in [0, 0.1) is 11.3 Å². The van der Waals surface area contributed by atoms with Crippen LogP contribution in [0.3, 0.4) is 0 Å². The van der Waals surface area contributed by atoms with Gasteiger partial charge in [-0.15, -0.1) is 0 Å². The molecule has 56 valence electrons. The Kier molecular flexibility index (Phi) is 1.91. The molecule has 1 rings (SSSR count). The third-order valence-electron chi connectivity index (χ3n) is 2.23. The van der Waals surface area contributed by atoms with Crippen LogP contribution in [0.25, 0.3) is 0 Å². The first kappa shape index (κ1) is 7.87. The quantitative estimate of drug-likeness (QED) is 0.505. The molecule has 0 heterocycles. The van der Waals surface area contributed by atoms with E-state index in [1.54, 1.807) is 0 Å². The minimum Gasteiger partial charge on any atom is -0.0847 e. The lowest BCUT2D eigenvalue weighted by Crippen LogP contribution is -2.19. The van der Waals surface area contributed by atoms with Crippen molar-refractivity contribution in [1.29, 1.82) is 0 Å². The summed E-state index contributed by atoms with van der Waals surface area (Å²) >= 11 is 5.84. The second kappa shape index (κ2) is 2.43. The number of allylic oxidation sites excluding steroid dienone is 4. The Morgan fingerprint density at radius 3 is 2.50 bits per heavy atom. The topological polar surface area (TPSA) is 0 Å². The highest BCUT2D eigenvalue weighted by Gasteiger charge is 2.23. The average molecular weight is 157 g/mol. The van der Waals surface area contributed by atoms with E-state index in [9.17, 15) is 0 Å². The van der Waals surface area contributed by atoms with Crippen LogP contribution in [-0.2, 0) is 0 Å². The molecule has 0 aromatic rings. The second-order valence-corrected chi connectivity index (χ2v) is 3.93. The number of rotatable bonds is 0.